The molecule has 0 spiro atoms. The lowest BCUT2D eigenvalue weighted by molar-refractivity contribution is -0.115. The predicted octanol–water partition coefficient (Wildman–Crippen LogP) is 1.18. The third-order valence-corrected chi connectivity index (χ3v) is 4.13. The highest BCUT2D eigenvalue weighted by Gasteiger charge is 2.24. The second-order valence-electron chi connectivity index (χ2n) is 5.63. The number of carbonyl (C=O) groups is 2. The van der Waals surface area contributed by atoms with Crippen LogP contribution in [0.25, 0.3) is 0 Å². The van der Waals surface area contributed by atoms with Gasteiger partial charge in [-0.25, -0.2) is 0 Å². The van der Waals surface area contributed by atoms with Gasteiger partial charge in [0.2, 0.25) is 5.91 Å². The second kappa shape index (κ2) is 5.25. The maximum Gasteiger partial charge on any atom is 0.251 e. The van der Waals surface area contributed by atoms with Crippen LogP contribution in [0.4, 0.5) is 5.69 Å². The fourth-order valence-electron chi connectivity index (χ4n) is 2.95. The Balaban J connectivity index is 1.71. The average Bonchev–Trinajstić information content (AvgIpc) is 2.80. The van der Waals surface area contributed by atoms with Gasteiger partial charge in [0.25, 0.3) is 5.91 Å². The molecule has 106 valence electrons. The minimum atomic E-state index is -0.115. The van der Waals surface area contributed by atoms with Crippen molar-refractivity contribution in [3.8, 4) is 0 Å². The highest BCUT2D eigenvalue weighted by Crippen LogP contribution is 2.24. The van der Waals surface area contributed by atoms with Crippen molar-refractivity contribution in [3.63, 3.8) is 0 Å². The minimum absolute atomic E-state index is 0.0214. The Morgan fingerprint density at radius 2 is 2.10 bits per heavy atom. The normalized spacial score (nSPS) is 24.9. The zero-order chi connectivity index (χ0) is 14.1. The minimum Gasteiger partial charge on any atom is -0.348 e. The lowest BCUT2D eigenvalue weighted by Gasteiger charge is -2.29. The summed E-state index contributed by atoms with van der Waals surface area (Å²) in [5, 5.41) is 5.77. The Morgan fingerprint density at radius 3 is 2.90 bits per heavy atom. The number of fused-ring (bicyclic) bond motifs is 1. The van der Waals surface area contributed by atoms with Crippen molar-refractivity contribution in [2.45, 2.75) is 44.2 Å². The van der Waals surface area contributed by atoms with Crippen molar-refractivity contribution >= 4 is 17.5 Å². The molecule has 1 aromatic carbocycles. The highest BCUT2D eigenvalue weighted by molar-refractivity contribution is 6.02. The van der Waals surface area contributed by atoms with E-state index in [0.29, 0.717) is 12.0 Å². The van der Waals surface area contributed by atoms with E-state index in [9.17, 15) is 9.59 Å². The van der Waals surface area contributed by atoms with Crippen LogP contribution >= 0.6 is 0 Å². The molecule has 1 saturated carbocycles. The summed E-state index contributed by atoms with van der Waals surface area (Å²) in [4.78, 5) is 23.6. The summed E-state index contributed by atoms with van der Waals surface area (Å²) in [7, 11) is 0. The Morgan fingerprint density at radius 1 is 1.30 bits per heavy atom. The van der Waals surface area contributed by atoms with E-state index in [1.54, 1.807) is 12.1 Å². The number of amides is 2. The molecule has 2 unspecified atom stereocenters. The summed E-state index contributed by atoms with van der Waals surface area (Å²) >= 11 is 0. The van der Waals surface area contributed by atoms with Gasteiger partial charge in [0.15, 0.2) is 0 Å². The zero-order valence-corrected chi connectivity index (χ0v) is 11.3. The van der Waals surface area contributed by atoms with E-state index in [0.717, 1.165) is 36.9 Å². The summed E-state index contributed by atoms with van der Waals surface area (Å²) in [6, 6.07) is 5.44. The van der Waals surface area contributed by atoms with Crippen LogP contribution in [0.1, 0.15) is 41.6 Å². The summed E-state index contributed by atoms with van der Waals surface area (Å²) in [5.41, 5.74) is 8.31. The molecular weight excluding hydrogens is 254 g/mol. The van der Waals surface area contributed by atoms with Crippen molar-refractivity contribution in [3.05, 3.63) is 29.3 Å². The highest BCUT2D eigenvalue weighted by atomic mass is 16.2. The smallest absolute Gasteiger partial charge is 0.251 e. The summed E-state index contributed by atoms with van der Waals surface area (Å²) in [6.45, 7) is 0. The second-order valence-corrected chi connectivity index (χ2v) is 5.63. The number of hydrogen-bond donors (Lipinski definition) is 3. The summed E-state index contributed by atoms with van der Waals surface area (Å²) in [5.74, 6) is -0.136. The van der Waals surface area contributed by atoms with Crippen molar-refractivity contribution in [2.24, 2.45) is 5.73 Å². The maximum atomic E-state index is 12.3. The number of rotatable bonds is 2. The zero-order valence-electron chi connectivity index (χ0n) is 11.3. The molecule has 1 aliphatic carbocycles. The Kier molecular flexibility index (Phi) is 3.44. The van der Waals surface area contributed by atoms with Crippen LogP contribution in [-0.2, 0) is 11.2 Å². The number of nitrogens with two attached hydrogens (primary N) is 1. The summed E-state index contributed by atoms with van der Waals surface area (Å²) < 4.78 is 0. The molecular formula is C15H19N3O2. The summed E-state index contributed by atoms with van der Waals surface area (Å²) in [6.07, 6.45) is 4.54. The van der Waals surface area contributed by atoms with E-state index in [1.165, 1.54) is 0 Å². The lowest BCUT2D eigenvalue weighted by atomic mass is 9.91. The van der Waals surface area contributed by atoms with Crippen LogP contribution < -0.4 is 16.4 Å². The molecule has 2 aliphatic rings. The monoisotopic (exact) mass is 273 g/mol. The van der Waals surface area contributed by atoms with Crippen LogP contribution in [0.5, 0.6) is 0 Å². The fourth-order valence-corrected chi connectivity index (χ4v) is 2.95. The van der Waals surface area contributed by atoms with Crippen molar-refractivity contribution < 1.29 is 9.59 Å². The van der Waals surface area contributed by atoms with E-state index in [1.807, 2.05) is 6.07 Å². The number of nitrogens with one attached hydrogen (secondary N) is 2. The topological polar surface area (TPSA) is 84.2 Å². The van der Waals surface area contributed by atoms with Gasteiger partial charge in [-0.2, -0.15) is 0 Å². The quantitative estimate of drug-likeness (QED) is 0.756. The average molecular weight is 273 g/mol. The standard InChI is InChI=1S/C15H19N3O2/c16-11-3-1-2-4-12(11)18-15(20)10-6-5-9-8-14(19)17-13(9)7-10/h5-7,11-12H,1-4,8,16H2,(H,17,19)(H,18,20). The van der Waals surface area contributed by atoms with Gasteiger partial charge in [-0.05, 0) is 30.5 Å². The van der Waals surface area contributed by atoms with Crippen molar-refractivity contribution in [1.29, 1.82) is 0 Å². The molecule has 1 fully saturated rings. The predicted molar refractivity (Wildman–Crippen MR) is 76.5 cm³/mol. The molecule has 3 rings (SSSR count). The van der Waals surface area contributed by atoms with Gasteiger partial charge in [0, 0.05) is 23.3 Å². The first-order valence-corrected chi connectivity index (χ1v) is 7.13. The largest absolute Gasteiger partial charge is 0.348 e. The molecule has 5 heteroatoms. The molecule has 2 atom stereocenters. The van der Waals surface area contributed by atoms with Gasteiger partial charge in [-0.15, -0.1) is 0 Å². The molecule has 2 amide bonds. The van der Waals surface area contributed by atoms with Crippen LogP contribution in [0.2, 0.25) is 0 Å². The Bertz CT molecular complexity index is 556. The molecule has 0 bridgehead atoms. The number of anilines is 1. The maximum absolute atomic E-state index is 12.3. The number of hydrogen-bond acceptors (Lipinski definition) is 3. The van der Waals surface area contributed by atoms with Gasteiger partial charge in [-0.3, -0.25) is 9.59 Å². The van der Waals surface area contributed by atoms with E-state index in [4.69, 9.17) is 5.73 Å². The number of benzene rings is 1. The van der Waals surface area contributed by atoms with Crippen LogP contribution in [0, 0.1) is 0 Å². The van der Waals surface area contributed by atoms with E-state index in [2.05, 4.69) is 10.6 Å². The molecule has 20 heavy (non-hydrogen) atoms. The fraction of sp³-hybridized carbons (Fsp3) is 0.467. The van der Waals surface area contributed by atoms with Crippen LogP contribution in [0.3, 0.4) is 0 Å². The molecule has 5 nitrogen and oxygen atoms in total. The third-order valence-electron chi connectivity index (χ3n) is 4.13. The first-order valence-electron chi connectivity index (χ1n) is 7.13. The Hall–Kier alpha value is -1.88. The molecule has 0 aromatic heterocycles. The van der Waals surface area contributed by atoms with E-state index < -0.39 is 0 Å². The lowest BCUT2D eigenvalue weighted by Crippen LogP contribution is -2.49. The van der Waals surface area contributed by atoms with Gasteiger partial charge in [-0.1, -0.05) is 18.9 Å². The van der Waals surface area contributed by atoms with Gasteiger partial charge in [0.1, 0.15) is 0 Å². The first-order chi connectivity index (χ1) is 9.63. The molecule has 1 heterocycles. The van der Waals surface area contributed by atoms with Crippen molar-refractivity contribution in [2.75, 3.05) is 5.32 Å². The van der Waals surface area contributed by atoms with Gasteiger partial charge in [0.05, 0.1) is 6.42 Å². The van der Waals surface area contributed by atoms with E-state index in [-0.39, 0.29) is 23.9 Å². The van der Waals surface area contributed by atoms with Gasteiger partial charge >= 0.3 is 0 Å². The van der Waals surface area contributed by atoms with Crippen LogP contribution in [-0.4, -0.2) is 23.9 Å². The molecule has 0 radical (unpaired) electrons. The molecule has 4 N–H and O–H groups in total. The molecule has 1 aliphatic heterocycles. The SMILES string of the molecule is NC1CCCCC1NC(=O)c1ccc2c(c1)NC(=O)C2. The van der Waals surface area contributed by atoms with E-state index >= 15 is 0 Å². The van der Waals surface area contributed by atoms with Crippen LogP contribution in [0.15, 0.2) is 18.2 Å². The molecule has 1 aromatic rings. The van der Waals surface area contributed by atoms with Gasteiger partial charge < -0.3 is 16.4 Å². The van der Waals surface area contributed by atoms with Crippen molar-refractivity contribution in [1.82, 2.24) is 5.32 Å². The third kappa shape index (κ3) is 2.54. The Labute approximate surface area is 117 Å². The first kappa shape index (κ1) is 13.1. The number of carbonyl (C=O) groups excluding carboxylic acids is 2. The molecule has 0 saturated heterocycles.